The molecule has 24 heavy (non-hydrogen) atoms. The van der Waals surface area contributed by atoms with E-state index >= 15 is 0 Å². The number of thiazole rings is 1. The van der Waals surface area contributed by atoms with E-state index in [0.29, 0.717) is 17.8 Å². The Morgan fingerprint density at radius 1 is 1.33 bits per heavy atom. The summed E-state index contributed by atoms with van der Waals surface area (Å²) >= 11 is 7.42. The topological polar surface area (TPSA) is 51.4 Å². The lowest BCUT2D eigenvalue weighted by molar-refractivity contribution is -0.133. The van der Waals surface area contributed by atoms with Gasteiger partial charge >= 0.3 is 0 Å². The van der Waals surface area contributed by atoms with E-state index in [0.717, 1.165) is 30.3 Å². The van der Waals surface area contributed by atoms with Crippen LogP contribution in [0.5, 0.6) is 0 Å². The van der Waals surface area contributed by atoms with Crippen molar-refractivity contribution in [3.8, 4) is 11.3 Å². The summed E-state index contributed by atoms with van der Waals surface area (Å²) in [4.78, 5) is 6.85. The SMILES string of the molecule is C.CC.Nc1c(-c2csc(N3CC4CC(C3)O4)n2)ccc(F)c1Cl. The van der Waals surface area contributed by atoms with Gasteiger partial charge in [-0.1, -0.05) is 32.9 Å². The Kier molecular flexibility index (Phi) is 6.06. The number of nitrogen functional groups attached to an aromatic ring is 1. The number of fused-ring (bicyclic) bond motifs is 2. The molecule has 2 bridgehead atoms. The first-order valence-corrected chi connectivity index (χ1v) is 8.97. The zero-order valence-corrected chi connectivity index (χ0v) is 14.6. The van der Waals surface area contributed by atoms with Crippen molar-refractivity contribution in [1.82, 2.24) is 4.98 Å². The van der Waals surface area contributed by atoms with E-state index in [9.17, 15) is 4.39 Å². The highest BCUT2D eigenvalue weighted by Gasteiger charge is 2.39. The maximum Gasteiger partial charge on any atom is 0.186 e. The summed E-state index contributed by atoms with van der Waals surface area (Å²) in [6.45, 7) is 5.76. The summed E-state index contributed by atoms with van der Waals surface area (Å²) in [5, 5.41) is 2.83. The van der Waals surface area contributed by atoms with E-state index in [-0.39, 0.29) is 18.1 Å². The summed E-state index contributed by atoms with van der Waals surface area (Å²) < 4.78 is 19.0. The minimum atomic E-state index is -0.512. The molecule has 0 spiro atoms. The summed E-state index contributed by atoms with van der Waals surface area (Å²) in [7, 11) is 0. The minimum absolute atomic E-state index is 0. The highest BCUT2D eigenvalue weighted by molar-refractivity contribution is 7.14. The van der Waals surface area contributed by atoms with Gasteiger partial charge in [-0.25, -0.2) is 9.37 Å². The lowest BCUT2D eigenvalue weighted by Gasteiger charge is -2.46. The number of hydrogen-bond acceptors (Lipinski definition) is 5. The van der Waals surface area contributed by atoms with Gasteiger partial charge in [-0.3, -0.25) is 0 Å². The van der Waals surface area contributed by atoms with Crippen molar-refractivity contribution in [1.29, 1.82) is 0 Å². The number of nitrogens with two attached hydrogens (primary N) is 1. The van der Waals surface area contributed by atoms with Crippen molar-refractivity contribution in [2.75, 3.05) is 23.7 Å². The molecule has 0 radical (unpaired) electrons. The third kappa shape index (κ3) is 3.36. The van der Waals surface area contributed by atoms with Crippen LogP contribution in [0.25, 0.3) is 11.3 Å². The largest absolute Gasteiger partial charge is 0.397 e. The fourth-order valence-corrected chi connectivity index (χ4v) is 3.85. The molecule has 3 aliphatic rings. The first-order chi connectivity index (χ1) is 11.1. The lowest BCUT2D eigenvalue weighted by Crippen LogP contribution is -2.57. The molecular weight excluding hydrogens is 349 g/mol. The van der Waals surface area contributed by atoms with Crippen molar-refractivity contribution in [3.63, 3.8) is 0 Å². The second-order valence-electron chi connectivity index (χ2n) is 5.36. The van der Waals surface area contributed by atoms with Gasteiger partial charge in [0.05, 0.1) is 28.6 Å². The van der Waals surface area contributed by atoms with Crippen LogP contribution in [0.3, 0.4) is 0 Å². The number of morpholine rings is 1. The third-order valence-electron chi connectivity index (χ3n) is 3.93. The number of anilines is 2. The summed E-state index contributed by atoms with van der Waals surface area (Å²) in [5.41, 5.74) is 7.53. The molecule has 3 aliphatic heterocycles. The second kappa shape index (κ2) is 7.68. The van der Waals surface area contributed by atoms with Crippen LogP contribution in [0, 0.1) is 5.82 Å². The average Bonchev–Trinajstić information content (AvgIpc) is 3.04. The monoisotopic (exact) mass is 371 g/mol. The van der Waals surface area contributed by atoms with Crippen LogP contribution in [0.15, 0.2) is 17.5 Å². The van der Waals surface area contributed by atoms with Crippen LogP contribution in [0.2, 0.25) is 5.02 Å². The van der Waals surface area contributed by atoms with Gasteiger partial charge in [0.2, 0.25) is 0 Å². The van der Waals surface area contributed by atoms with E-state index in [2.05, 4.69) is 9.88 Å². The predicted octanol–water partition coefficient (Wildman–Crippen LogP) is 4.82. The van der Waals surface area contributed by atoms with Gasteiger partial charge in [-0.05, 0) is 12.1 Å². The number of benzene rings is 1. The molecule has 1 aromatic heterocycles. The summed E-state index contributed by atoms with van der Waals surface area (Å²) in [6, 6.07) is 2.93. The van der Waals surface area contributed by atoms with Crippen LogP contribution < -0.4 is 10.6 Å². The van der Waals surface area contributed by atoms with Gasteiger partial charge in [-0.15, -0.1) is 11.3 Å². The smallest absolute Gasteiger partial charge is 0.186 e. The van der Waals surface area contributed by atoms with E-state index in [1.165, 1.54) is 6.07 Å². The van der Waals surface area contributed by atoms with Gasteiger partial charge in [0.15, 0.2) is 5.13 Å². The summed E-state index contributed by atoms with van der Waals surface area (Å²) in [5.74, 6) is -0.512. The molecule has 132 valence electrons. The molecular formula is C17H23ClFN3OS. The van der Waals surface area contributed by atoms with Gasteiger partial charge in [0, 0.05) is 30.5 Å². The highest BCUT2D eigenvalue weighted by atomic mass is 35.5. The fourth-order valence-electron chi connectivity index (χ4n) is 2.83. The Bertz CT molecular complexity index is 693. The second-order valence-corrected chi connectivity index (χ2v) is 6.57. The first-order valence-electron chi connectivity index (χ1n) is 7.71. The highest BCUT2D eigenvalue weighted by Crippen LogP contribution is 2.37. The number of nitrogens with zero attached hydrogens (tertiary/aromatic N) is 2. The van der Waals surface area contributed by atoms with Gasteiger partial charge in [0.1, 0.15) is 5.82 Å². The van der Waals surface area contributed by atoms with E-state index in [1.807, 2.05) is 19.2 Å². The number of piperidine rings is 1. The van der Waals surface area contributed by atoms with Crippen molar-refractivity contribution in [3.05, 3.63) is 28.4 Å². The molecule has 4 nitrogen and oxygen atoms in total. The Morgan fingerprint density at radius 2 is 1.96 bits per heavy atom. The maximum atomic E-state index is 13.4. The Morgan fingerprint density at radius 3 is 2.58 bits per heavy atom. The third-order valence-corrected chi connectivity index (χ3v) is 5.22. The Balaban J connectivity index is 0.000000670. The van der Waals surface area contributed by atoms with Crippen molar-refractivity contribution in [2.45, 2.75) is 39.9 Å². The van der Waals surface area contributed by atoms with E-state index in [4.69, 9.17) is 22.1 Å². The fraction of sp³-hybridized carbons (Fsp3) is 0.471. The first kappa shape index (κ1) is 19.0. The van der Waals surface area contributed by atoms with E-state index < -0.39 is 5.82 Å². The van der Waals surface area contributed by atoms with Crippen molar-refractivity contribution < 1.29 is 9.13 Å². The molecule has 0 amide bonds. The van der Waals surface area contributed by atoms with Gasteiger partial charge in [0.25, 0.3) is 0 Å². The number of aromatic nitrogens is 1. The molecule has 0 aliphatic carbocycles. The van der Waals surface area contributed by atoms with Crippen molar-refractivity contribution in [2.24, 2.45) is 0 Å². The number of ether oxygens (including phenoxy) is 1. The maximum absolute atomic E-state index is 13.4. The molecule has 5 rings (SSSR count). The van der Waals surface area contributed by atoms with Crippen LogP contribution in [-0.4, -0.2) is 30.3 Å². The molecule has 7 heteroatoms. The molecule has 2 N–H and O–H groups in total. The van der Waals surface area contributed by atoms with Crippen LogP contribution in [0.1, 0.15) is 27.7 Å². The zero-order chi connectivity index (χ0) is 16.6. The molecule has 0 saturated carbocycles. The van der Waals surface area contributed by atoms with E-state index in [1.54, 1.807) is 17.4 Å². The quantitative estimate of drug-likeness (QED) is 0.768. The van der Waals surface area contributed by atoms with Crippen LogP contribution in [0.4, 0.5) is 15.2 Å². The molecule has 2 aromatic rings. The normalized spacial score (nSPS) is 21.2. The molecule has 2 unspecified atom stereocenters. The summed E-state index contributed by atoms with van der Waals surface area (Å²) in [6.07, 6.45) is 1.82. The molecule has 4 heterocycles. The predicted molar refractivity (Wildman–Crippen MR) is 101 cm³/mol. The standard InChI is InChI=1S/C14H13ClFN3OS.C2H6.CH4/c15-12-10(16)2-1-9(13(12)17)11-6-21-14(18-11)19-4-7-3-8(5-19)20-7;1-2;/h1-2,6-8H,3-5,17H2;1-2H3;1H4. The van der Waals surface area contributed by atoms with Crippen LogP contribution >= 0.6 is 22.9 Å². The Hall–Kier alpha value is -1.37. The minimum Gasteiger partial charge on any atom is -0.397 e. The van der Waals surface area contributed by atoms with Gasteiger partial charge < -0.3 is 15.4 Å². The molecule has 3 saturated heterocycles. The van der Waals surface area contributed by atoms with Crippen LogP contribution in [-0.2, 0) is 4.74 Å². The Labute approximate surface area is 151 Å². The van der Waals surface area contributed by atoms with Crippen molar-refractivity contribution >= 4 is 33.8 Å². The molecule has 3 fully saturated rings. The molecule has 1 aromatic carbocycles. The lowest BCUT2D eigenvalue weighted by atomic mass is 9.99. The molecule has 2 atom stereocenters. The van der Waals surface area contributed by atoms with Gasteiger partial charge in [-0.2, -0.15) is 0 Å². The number of hydrogen-bond donors (Lipinski definition) is 1. The zero-order valence-electron chi connectivity index (χ0n) is 13.1. The number of rotatable bonds is 2. The average molecular weight is 372 g/mol. The number of halogens is 2.